The van der Waals surface area contributed by atoms with Crippen molar-refractivity contribution in [2.75, 3.05) is 44.7 Å². The molecule has 11 nitrogen and oxygen atoms in total. The molecule has 2 saturated heterocycles. The van der Waals surface area contributed by atoms with E-state index in [1.54, 1.807) is 10.8 Å². The SMILES string of the molecule is Cc1nc2c(N3CCNC(CC#N)C3)nc(OCC3CCCN3C)nc2c(=O)n1-c1cccc2ncccc12. The van der Waals surface area contributed by atoms with Gasteiger partial charge in [-0.2, -0.15) is 15.2 Å². The summed E-state index contributed by atoms with van der Waals surface area (Å²) in [6.45, 7) is 5.23. The van der Waals surface area contributed by atoms with Gasteiger partial charge in [0.15, 0.2) is 11.3 Å². The van der Waals surface area contributed by atoms with E-state index in [9.17, 15) is 10.1 Å². The van der Waals surface area contributed by atoms with Crippen molar-refractivity contribution >= 4 is 27.8 Å². The Morgan fingerprint density at radius 1 is 1.15 bits per heavy atom. The highest BCUT2D eigenvalue weighted by Gasteiger charge is 2.27. The van der Waals surface area contributed by atoms with Crippen LogP contribution in [0.15, 0.2) is 41.3 Å². The number of aromatic nitrogens is 5. The van der Waals surface area contributed by atoms with E-state index in [2.05, 4.69) is 38.2 Å². The van der Waals surface area contributed by atoms with Crippen LogP contribution in [0, 0.1) is 18.3 Å². The van der Waals surface area contributed by atoms with Gasteiger partial charge in [-0.15, -0.1) is 0 Å². The zero-order valence-electron chi connectivity index (χ0n) is 22.2. The van der Waals surface area contributed by atoms with E-state index >= 15 is 0 Å². The van der Waals surface area contributed by atoms with Crippen LogP contribution in [0.5, 0.6) is 6.01 Å². The molecule has 0 bridgehead atoms. The lowest BCUT2D eigenvalue weighted by atomic mass is 10.1. The summed E-state index contributed by atoms with van der Waals surface area (Å²) < 4.78 is 7.72. The van der Waals surface area contributed by atoms with Gasteiger partial charge in [0.25, 0.3) is 5.56 Å². The van der Waals surface area contributed by atoms with Crippen molar-refractivity contribution in [3.63, 3.8) is 0 Å². The summed E-state index contributed by atoms with van der Waals surface area (Å²) in [6.07, 6.45) is 4.29. The number of hydrogen-bond acceptors (Lipinski definition) is 10. The molecule has 2 unspecified atom stereocenters. The molecule has 3 aromatic heterocycles. The number of nitriles is 1. The maximum Gasteiger partial charge on any atom is 0.319 e. The summed E-state index contributed by atoms with van der Waals surface area (Å²) in [6, 6.07) is 12.2. The van der Waals surface area contributed by atoms with Crippen LogP contribution in [-0.4, -0.2) is 81.3 Å². The zero-order chi connectivity index (χ0) is 26.9. The molecule has 0 radical (unpaired) electrons. The highest BCUT2D eigenvalue weighted by atomic mass is 16.5. The summed E-state index contributed by atoms with van der Waals surface area (Å²) in [5.74, 6) is 1.09. The number of piperazine rings is 1. The van der Waals surface area contributed by atoms with Crippen LogP contribution in [0.3, 0.4) is 0 Å². The molecule has 200 valence electrons. The van der Waals surface area contributed by atoms with E-state index < -0.39 is 0 Å². The average molecular weight is 526 g/mol. The maximum absolute atomic E-state index is 14.1. The van der Waals surface area contributed by atoms with Gasteiger partial charge in [-0.05, 0) is 57.6 Å². The van der Waals surface area contributed by atoms with E-state index in [4.69, 9.17) is 14.7 Å². The molecule has 1 N–H and O–H groups in total. The van der Waals surface area contributed by atoms with Crippen molar-refractivity contribution in [3.05, 3.63) is 52.7 Å². The zero-order valence-corrected chi connectivity index (χ0v) is 22.2. The molecule has 0 amide bonds. The Labute approximate surface area is 226 Å². The van der Waals surface area contributed by atoms with Crippen LogP contribution < -0.4 is 20.5 Å². The number of pyridine rings is 1. The molecule has 2 fully saturated rings. The molecule has 1 aromatic carbocycles. The highest BCUT2D eigenvalue weighted by Crippen LogP contribution is 2.27. The fraction of sp³-hybridized carbons (Fsp3) is 0.429. The van der Waals surface area contributed by atoms with Crippen LogP contribution in [0.1, 0.15) is 25.1 Å². The molecular formula is C28H31N9O2. The fourth-order valence-corrected chi connectivity index (χ4v) is 5.62. The predicted molar refractivity (Wildman–Crippen MR) is 148 cm³/mol. The minimum absolute atomic E-state index is 0.00470. The summed E-state index contributed by atoms with van der Waals surface area (Å²) in [4.78, 5) is 37.2. The number of hydrogen-bond donors (Lipinski definition) is 1. The fourth-order valence-electron chi connectivity index (χ4n) is 5.62. The molecule has 11 heteroatoms. The Kier molecular flexibility index (Phi) is 6.81. The molecule has 4 aromatic rings. The van der Waals surface area contributed by atoms with Gasteiger partial charge in [-0.1, -0.05) is 6.07 Å². The first-order valence-electron chi connectivity index (χ1n) is 13.4. The van der Waals surface area contributed by atoms with E-state index in [0.29, 0.717) is 55.5 Å². The molecular weight excluding hydrogens is 494 g/mol. The lowest BCUT2D eigenvalue weighted by molar-refractivity contribution is 0.188. The summed E-state index contributed by atoms with van der Waals surface area (Å²) >= 11 is 0. The Morgan fingerprint density at radius 2 is 2.05 bits per heavy atom. The lowest BCUT2D eigenvalue weighted by Gasteiger charge is -2.34. The summed E-state index contributed by atoms with van der Waals surface area (Å²) in [5.41, 5.74) is 1.85. The number of rotatable bonds is 6. The van der Waals surface area contributed by atoms with Crippen LogP contribution in [0.25, 0.3) is 27.6 Å². The van der Waals surface area contributed by atoms with Gasteiger partial charge >= 0.3 is 6.01 Å². The quantitative estimate of drug-likeness (QED) is 0.400. The average Bonchev–Trinajstić information content (AvgIpc) is 3.36. The number of aryl methyl sites for hydroxylation is 1. The number of likely N-dealkylation sites (tertiary alicyclic amines) is 1. The van der Waals surface area contributed by atoms with Gasteiger partial charge in [0, 0.05) is 43.3 Å². The van der Waals surface area contributed by atoms with Gasteiger partial charge in [-0.25, -0.2) is 4.98 Å². The second-order valence-corrected chi connectivity index (χ2v) is 10.2. The number of benzene rings is 1. The first-order valence-corrected chi connectivity index (χ1v) is 13.4. The Hall–Kier alpha value is -4.14. The van der Waals surface area contributed by atoms with E-state index in [0.717, 1.165) is 30.3 Å². The number of fused-ring (bicyclic) bond motifs is 2. The minimum Gasteiger partial charge on any atom is -0.462 e. The highest BCUT2D eigenvalue weighted by molar-refractivity contribution is 5.89. The summed E-state index contributed by atoms with van der Waals surface area (Å²) in [5, 5.41) is 13.5. The Morgan fingerprint density at radius 3 is 2.87 bits per heavy atom. The van der Waals surface area contributed by atoms with E-state index in [-0.39, 0.29) is 29.2 Å². The Balaban J connectivity index is 1.50. The van der Waals surface area contributed by atoms with Crippen LogP contribution in [-0.2, 0) is 0 Å². The van der Waals surface area contributed by atoms with Crippen molar-refractivity contribution in [1.82, 2.24) is 34.7 Å². The largest absolute Gasteiger partial charge is 0.462 e. The molecule has 2 aliphatic rings. The van der Waals surface area contributed by atoms with E-state index in [1.165, 1.54) is 0 Å². The first kappa shape index (κ1) is 25.2. The maximum atomic E-state index is 14.1. The second-order valence-electron chi connectivity index (χ2n) is 10.2. The number of nitrogens with zero attached hydrogens (tertiary/aromatic N) is 8. The predicted octanol–water partition coefficient (Wildman–Crippen LogP) is 2.20. The number of likely N-dealkylation sites (N-methyl/N-ethyl adjacent to an activating group) is 1. The van der Waals surface area contributed by atoms with Crippen molar-refractivity contribution in [1.29, 1.82) is 5.26 Å². The number of anilines is 1. The molecule has 0 spiro atoms. The smallest absolute Gasteiger partial charge is 0.319 e. The van der Waals surface area contributed by atoms with Crippen molar-refractivity contribution in [2.45, 2.75) is 38.3 Å². The van der Waals surface area contributed by atoms with Gasteiger partial charge in [0.2, 0.25) is 0 Å². The molecule has 6 rings (SSSR count). The molecule has 0 saturated carbocycles. The van der Waals surface area contributed by atoms with Gasteiger partial charge < -0.3 is 19.9 Å². The molecule has 2 aliphatic heterocycles. The first-order chi connectivity index (χ1) is 19.0. The third-order valence-corrected chi connectivity index (χ3v) is 7.68. The standard InChI is InChI=1S/C28H31N9O2/c1-18-32-24-25(27(38)37(18)23-9-3-8-22-21(23)7-4-12-31-22)33-28(39-17-20-6-5-14-35(20)2)34-26(24)36-15-13-30-19(16-36)10-11-29/h3-4,7-9,12,19-20,30H,5-6,10,13-17H2,1-2H3. The Bertz CT molecular complexity index is 1620. The van der Waals surface area contributed by atoms with E-state index in [1.807, 2.05) is 37.3 Å². The second kappa shape index (κ2) is 10.6. The van der Waals surface area contributed by atoms with Crippen LogP contribution in [0.2, 0.25) is 0 Å². The minimum atomic E-state index is -0.288. The molecule has 5 heterocycles. The van der Waals surface area contributed by atoms with Crippen LogP contribution >= 0.6 is 0 Å². The normalized spacial score (nSPS) is 20.0. The topological polar surface area (TPSA) is 125 Å². The third kappa shape index (κ3) is 4.77. The molecule has 2 atom stereocenters. The summed E-state index contributed by atoms with van der Waals surface area (Å²) in [7, 11) is 2.09. The van der Waals surface area contributed by atoms with Crippen molar-refractivity contribution in [3.8, 4) is 17.8 Å². The van der Waals surface area contributed by atoms with Gasteiger partial charge in [-0.3, -0.25) is 14.3 Å². The van der Waals surface area contributed by atoms with Crippen molar-refractivity contribution < 1.29 is 4.74 Å². The van der Waals surface area contributed by atoms with Gasteiger partial charge in [0.1, 0.15) is 17.9 Å². The van der Waals surface area contributed by atoms with Gasteiger partial charge in [0.05, 0.1) is 23.7 Å². The molecule has 0 aliphatic carbocycles. The number of nitrogens with one attached hydrogen (secondary N) is 1. The van der Waals surface area contributed by atoms with Crippen LogP contribution in [0.4, 0.5) is 5.82 Å². The lowest BCUT2D eigenvalue weighted by Crippen LogP contribution is -2.51. The van der Waals surface area contributed by atoms with Crippen molar-refractivity contribution in [2.24, 2.45) is 0 Å². The molecule has 39 heavy (non-hydrogen) atoms. The third-order valence-electron chi connectivity index (χ3n) is 7.68. The number of ether oxygens (including phenoxy) is 1. The monoisotopic (exact) mass is 525 g/mol.